The molecule has 2 unspecified atom stereocenters. The number of hydrogen-bond donors (Lipinski definition) is 3. The zero-order valence-corrected chi connectivity index (χ0v) is 19.6. The summed E-state index contributed by atoms with van der Waals surface area (Å²) in [7, 11) is 0. The van der Waals surface area contributed by atoms with Crippen molar-refractivity contribution in [3.63, 3.8) is 0 Å². The molecule has 1 spiro atoms. The van der Waals surface area contributed by atoms with Crippen LogP contribution in [-0.2, 0) is 22.7 Å². The van der Waals surface area contributed by atoms with Crippen molar-refractivity contribution < 1.29 is 19.1 Å². The summed E-state index contributed by atoms with van der Waals surface area (Å²) in [6.45, 7) is 2.84. The molecule has 2 fully saturated rings. The number of nitrogens with one attached hydrogen (secondary N) is 3. The fourth-order valence-corrected chi connectivity index (χ4v) is 6.06. The molecule has 0 aliphatic carbocycles. The highest BCUT2D eigenvalue weighted by Crippen LogP contribution is 2.43. The minimum Gasteiger partial charge on any atom is -0.487 e. The number of carbonyl (C=O) groups excluding carboxylic acids is 3. The van der Waals surface area contributed by atoms with E-state index < -0.39 is 6.04 Å². The molecule has 3 amide bonds. The molecule has 2 aromatic rings. The maximum atomic E-state index is 13.4. The van der Waals surface area contributed by atoms with Gasteiger partial charge >= 0.3 is 0 Å². The van der Waals surface area contributed by atoms with E-state index in [2.05, 4.69) is 28.1 Å². The molecule has 6 rings (SSSR count). The molecule has 0 saturated carbocycles. The lowest BCUT2D eigenvalue weighted by Crippen LogP contribution is -2.52. The van der Waals surface area contributed by atoms with Crippen LogP contribution in [0.1, 0.15) is 65.2 Å². The Balaban J connectivity index is 1.23. The van der Waals surface area contributed by atoms with Crippen molar-refractivity contribution in [1.82, 2.24) is 20.9 Å². The number of nitrogens with zero attached hydrogens (tertiary/aromatic N) is 1. The minimum atomic E-state index is -0.601. The molecule has 0 radical (unpaired) electrons. The molecular formula is C27H30N4O4. The summed E-state index contributed by atoms with van der Waals surface area (Å²) in [5.74, 6) is 0.155. The number of hydrogen-bond acceptors (Lipinski definition) is 6. The van der Waals surface area contributed by atoms with E-state index in [-0.39, 0.29) is 35.8 Å². The molecule has 0 aromatic heterocycles. The van der Waals surface area contributed by atoms with Crippen molar-refractivity contribution >= 4 is 17.7 Å². The van der Waals surface area contributed by atoms with Gasteiger partial charge in [-0.15, -0.1) is 0 Å². The predicted molar refractivity (Wildman–Crippen MR) is 129 cm³/mol. The molecule has 4 heterocycles. The van der Waals surface area contributed by atoms with E-state index in [9.17, 15) is 14.4 Å². The molecule has 3 N–H and O–H groups in total. The minimum absolute atomic E-state index is 0.122. The fraction of sp³-hybridized carbons (Fsp3) is 0.444. The van der Waals surface area contributed by atoms with E-state index in [0.29, 0.717) is 25.1 Å². The van der Waals surface area contributed by atoms with Crippen LogP contribution in [0.15, 0.2) is 42.5 Å². The molecule has 35 heavy (non-hydrogen) atoms. The Morgan fingerprint density at radius 3 is 2.71 bits per heavy atom. The van der Waals surface area contributed by atoms with Crippen LogP contribution in [0.5, 0.6) is 5.75 Å². The fourth-order valence-electron chi connectivity index (χ4n) is 6.06. The molecule has 2 saturated heterocycles. The molecule has 4 aliphatic rings. The Labute approximate surface area is 204 Å². The molecule has 0 bridgehead atoms. The standard InChI is InChI=1S/C27H30N4O4/c32-23-9-8-21(25(33)30-23)31-16-18-5-3-4-17(24(18)26(31)34)15-29-20-14-27(10-12-28-13-11-27)35-22-7-2-1-6-19(20)22/h1-7,20-21,28-29H,8-16H2,(H,30,32,33). The smallest absolute Gasteiger partial charge is 0.255 e. The van der Waals surface area contributed by atoms with Gasteiger partial charge in [0.1, 0.15) is 17.4 Å². The topological polar surface area (TPSA) is 99.8 Å². The molecule has 2 atom stereocenters. The van der Waals surface area contributed by atoms with Crippen molar-refractivity contribution in [2.24, 2.45) is 0 Å². The summed E-state index contributed by atoms with van der Waals surface area (Å²) >= 11 is 0. The van der Waals surface area contributed by atoms with Crippen LogP contribution >= 0.6 is 0 Å². The third-order valence-electron chi connectivity index (χ3n) is 7.89. The lowest BCUT2D eigenvalue weighted by atomic mass is 9.81. The van der Waals surface area contributed by atoms with Crippen molar-refractivity contribution in [3.05, 3.63) is 64.7 Å². The normalized spacial score (nSPS) is 25.1. The maximum Gasteiger partial charge on any atom is 0.255 e. The molecule has 8 heteroatoms. The number of rotatable bonds is 4. The zero-order chi connectivity index (χ0) is 24.0. The Morgan fingerprint density at radius 2 is 1.89 bits per heavy atom. The Bertz CT molecular complexity index is 1190. The number of fused-ring (bicyclic) bond motifs is 2. The van der Waals surface area contributed by atoms with E-state index in [1.54, 1.807) is 4.90 Å². The lowest BCUT2D eigenvalue weighted by Gasteiger charge is -2.45. The van der Waals surface area contributed by atoms with Crippen molar-refractivity contribution in [2.45, 2.75) is 62.9 Å². The zero-order valence-electron chi connectivity index (χ0n) is 19.6. The second-order valence-corrected chi connectivity index (χ2v) is 10.1. The number of benzene rings is 2. The van der Waals surface area contributed by atoms with E-state index in [4.69, 9.17) is 4.74 Å². The van der Waals surface area contributed by atoms with Crippen LogP contribution in [0, 0.1) is 0 Å². The monoisotopic (exact) mass is 474 g/mol. The van der Waals surface area contributed by atoms with Gasteiger partial charge in [0.05, 0.1) is 0 Å². The highest BCUT2D eigenvalue weighted by Gasteiger charge is 2.42. The SMILES string of the molecule is O=C1CCC(N2Cc3cccc(CNC4CC5(CCNCC5)Oc5ccccc54)c3C2=O)C(=O)N1. The van der Waals surface area contributed by atoms with E-state index in [1.165, 1.54) is 0 Å². The quantitative estimate of drug-likeness (QED) is 0.588. The van der Waals surface area contributed by atoms with Gasteiger partial charge in [0.15, 0.2) is 0 Å². The second-order valence-electron chi connectivity index (χ2n) is 10.1. The number of amides is 3. The Kier molecular flexibility index (Phi) is 5.57. The summed E-state index contributed by atoms with van der Waals surface area (Å²) in [4.78, 5) is 39.0. The van der Waals surface area contributed by atoms with Gasteiger partial charge in [-0.1, -0.05) is 36.4 Å². The molecule has 2 aromatic carbocycles. The van der Waals surface area contributed by atoms with Gasteiger partial charge in [-0.05, 0) is 49.5 Å². The predicted octanol–water partition coefficient (Wildman–Crippen LogP) is 2.18. The summed E-state index contributed by atoms with van der Waals surface area (Å²) in [5.41, 5.74) is 3.53. The maximum absolute atomic E-state index is 13.4. The first kappa shape index (κ1) is 22.2. The number of piperidine rings is 2. The molecular weight excluding hydrogens is 444 g/mol. The molecule has 8 nitrogen and oxygen atoms in total. The Hall–Kier alpha value is -3.23. The van der Waals surface area contributed by atoms with Crippen molar-refractivity contribution in [1.29, 1.82) is 0 Å². The number of para-hydroxylation sites is 1. The van der Waals surface area contributed by atoms with Gasteiger partial charge in [-0.2, -0.15) is 0 Å². The van der Waals surface area contributed by atoms with Crippen LogP contribution in [0.25, 0.3) is 0 Å². The van der Waals surface area contributed by atoms with Crippen LogP contribution in [0.2, 0.25) is 0 Å². The third-order valence-corrected chi connectivity index (χ3v) is 7.89. The second kappa shape index (κ2) is 8.77. The highest BCUT2D eigenvalue weighted by atomic mass is 16.5. The lowest BCUT2D eigenvalue weighted by molar-refractivity contribution is -0.136. The first-order chi connectivity index (χ1) is 17.0. The van der Waals surface area contributed by atoms with Crippen molar-refractivity contribution in [3.8, 4) is 5.75 Å². The molecule has 182 valence electrons. The summed E-state index contributed by atoms with van der Waals surface area (Å²) in [6.07, 6.45) is 3.45. The van der Waals surface area contributed by atoms with Gasteiger partial charge in [0, 0.05) is 43.1 Å². The van der Waals surface area contributed by atoms with Gasteiger partial charge in [-0.3, -0.25) is 19.7 Å². The van der Waals surface area contributed by atoms with Gasteiger partial charge in [0.25, 0.3) is 5.91 Å². The Morgan fingerprint density at radius 1 is 1.06 bits per heavy atom. The van der Waals surface area contributed by atoms with E-state index in [0.717, 1.165) is 54.8 Å². The average Bonchev–Trinajstić information content (AvgIpc) is 3.19. The van der Waals surface area contributed by atoms with Crippen LogP contribution in [0.3, 0.4) is 0 Å². The first-order valence-electron chi connectivity index (χ1n) is 12.5. The van der Waals surface area contributed by atoms with Crippen molar-refractivity contribution in [2.75, 3.05) is 13.1 Å². The van der Waals surface area contributed by atoms with Gasteiger partial charge in [0.2, 0.25) is 11.8 Å². The van der Waals surface area contributed by atoms with Crippen LogP contribution in [0.4, 0.5) is 0 Å². The number of imide groups is 1. The summed E-state index contributed by atoms with van der Waals surface area (Å²) in [6, 6.07) is 13.7. The van der Waals surface area contributed by atoms with E-state index >= 15 is 0 Å². The largest absolute Gasteiger partial charge is 0.487 e. The molecule has 4 aliphatic heterocycles. The highest BCUT2D eigenvalue weighted by molar-refractivity contribution is 6.06. The average molecular weight is 475 g/mol. The van der Waals surface area contributed by atoms with Crippen LogP contribution in [-0.4, -0.2) is 47.4 Å². The van der Waals surface area contributed by atoms with Gasteiger partial charge in [-0.25, -0.2) is 0 Å². The number of carbonyl (C=O) groups is 3. The van der Waals surface area contributed by atoms with Gasteiger partial charge < -0.3 is 20.3 Å². The third kappa shape index (κ3) is 4.00. The summed E-state index contributed by atoms with van der Waals surface area (Å²) in [5, 5.41) is 9.54. The van der Waals surface area contributed by atoms with Crippen LogP contribution < -0.4 is 20.7 Å². The van der Waals surface area contributed by atoms with E-state index in [1.807, 2.05) is 30.3 Å². The first-order valence-corrected chi connectivity index (χ1v) is 12.5. The number of ether oxygens (including phenoxy) is 1. The summed E-state index contributed by atoms with van der Waals surface area (Å²) < 4.78 is 6.53.